The molecule has 2 aliphatic rings. The summed E-state index contributed by atoms with van der Waals surface area (Å²) in [6.45, 7) is 5.10. The molecule has 1 aromatic heterocycles. The fraction of sp³-hybridized carbons (Fsp3) is 0.474. The lowest BCUT2D eigenvalue weighted by Gasteiger charge is -2.13. The SMILES string of the molecule is CCOC(=O)c1c(NC(=O)CN2C(=O)SC(=C(C)C)C2=O)sc2c1CCCC2. The molecule has 0 aromatic carbocycles. The van der Waals surface area contributed by atoms with E-state index in [4.69, 9.17) is 4.74 Å². The van der Waals surface area contributed by atoms with Crippen LogP contribution in [0.15, 0.2) is 10.5 Å². The molecule has 1 aliphatic heterocycles. The topological polar surface area (TPSA) is 92.8 Å². The van der Waals surface area contributed by atoms with E-state index in [1.54, 1.807) is 20.8 Å². The molecule has 1 aromatic rings. The number of fused-ring (bicyclic) bond motifs is 1. The zero-order chi connectivity index (χ0) is 20.4. The predicted molar refractivity (Wildman–Crippen MR) is 109 cm³/mol. The van der Waals surface area contributed by atoms with Gasteiger partial charge in [-0.1, -0.05) is 5.57 Å². The first kappa shape index (κ1) is 20.6. The van der Waals surface area contributed by atoms with Crippen LogP contribution in [0.25, 0.3) is 0 Å². The Hall–Kier alpha value is -2.13. The number of imide groups is 1. The number of nitrogens with zero attached hydrogens (tertiary/aromatic N) is 1. The van der Waals surface area contributed by atoms with E-state index in [2.05, 4.69) is 5.32 Å². The van der Waals surface area contributed by atoms with E-state index in [1.165, 1.54) is 11.3 Å². The van der Waals surface area contributed by atoms with E-state index in [0.717, 1.165) is 58.4 Å². The van der Waals surface area contributed by atoms with Crippen molar-refractivity contribution in [2.24, 2.45) is 0 Å². The summed E-state index contributed by atoms with van der Waals surface area (Å²) in [7, 11) is 0. The number of carbonyl (C=O) groups excluding carboxylic acids is 4. The molecule has 3 amide bonds. The van der Waals surface area contributed by atoms with Crippen LogP contribution in [0.5, 0.6) is 0 Å². The zero-order valence-corrected chi connectivity index (χ0v) is 17.7. The number of esters is 1. The Morgan fingerprint density at radius 2 is 1.89 bits per heavy atom. The molecule has 0 saturated carbocycles. The van der Waals surface area contributed by atoms with Crippen molar-refractivity contribution < 1.29 is 23.9 Å². The van der Waals surface area contributed by atoms with Gasteiger partial charge in [-0.2, -0.15) is 0 Å². The monoisotopic (exact) mass is 422 g/mol. The van der Waals surface area contributed by atoms with E-state index in [0.29, 0.717) is 15.5 Å². The van der Waals surface area contributed by atoms with Gasteiger partial charge < -0.3 is 10.1 Å². The van der Waals surface area contributed by atoms with Gasteiger partial charge in [-0.15, -0.1) is 11.3 Å². The molecule has 0 spiro atoms. The minimum atomic E-state index is -0.513. The van der Waals surface area contributed by atoms with Crippen molar-refractivity contribution in [3.63, 3.8) is 0 Å². The van der Waals surface area contributed by atoms with Crippen molar-refractivity contribution in [2.45, 2.75) is 46.5 Å². The first-order chi connectivity index (χ1) is 13.3. The van der Waals surface area contributed by atoms with Gasteiger partial charge in [0.1, 0.15) is 11.5 Å². The largest absolute Gasteiger partial charge is 0.462 e. The summed E-state index contributed by atoms with van der Waals surface area (Å²) in [6, 6.07) is 0. The Labute approximate surface area is 171 Å². The molecule has 1 saturated heterocycles. The summed E-state index contributed by atoms with van der Waals surface area (Å²) in [4.78, 5) is 51.8. The third-order valence-corrected chi connectivity index (χ3v) is 6.90. The van der Waals surface area contributed by atoms with Gasteiger partial charge in [0.2, 0.25) is 5.91 Å². The van der Waals surface area contributed by atoms with Gasteiger partial charge in [0.15, 0.2) is 0 Å². The second-order valence-electron chi connectivity index (χ2n) is 6.77. The van der Waals surface area contributed by atoms with Crippen molar-refractivity contribution in [1.82, 2.24) is 4.90 Å². The number of ether oxygens (including phenoxy) is 1. The maximum Gasteiger partial charge on any atom is 0.341 e. The molecule has 1 fully saturated rings. The van der Waals surface area contributed by atoms with Crippen LogP contribution in [0.4, 0.5) is 9.80 Å². The van der Waals surface area contributed by atoms with Crippen molar-refractivity contribution in [2.75, 3.05) is 18.5 Å². The molecule has 0 radical (unpaired) electrons. The lowest BCUT2D eigenvalue weighted by atomic mass is 9.95. The van der Waals surface area contributed by atoms with Crippen LogP contribution in [0, 0.1) is 0 Å². The first-order valence-electron chi connectivity index (χ1n) is 9.16. The molecule has 7 nitrogen and oxygen atoms in total. The zero-order valence-electron chi connectivity index (χ0n) is 16.0. The molecule has 3 rings (SSSR count). The maximum absolute atomic E-state index is 12.6. The second kappa shape index (κ2) is 8.48. The molecular formula is C19H22N2O5S2. The Kier molecular flexibility index (Phi) is 6.24. The summed E-state index contributed by atoms with van der Waals surface area (Å²) in [6.07, 6.45) is 3.68. The van der Waals surface area contributed by atoms with E-state index < -0.39 is 23.0 Å². The summed E-state index contributed by atoms with van der Waals surface area (Å²) >= 11 is 2.21. The number of thiophene rings is 1. The van der Waals surface area contributed by atoms with Crippen molar-refractivity contribution in [3.05, 3.63) is 26.5 Å². The average Bonchev–Trinajstić information content (AvgIpc) is 3.13. The minimum absolute atomic E-state index is 0.246. The maximum atomic E-state index is 12.6. The molecule has 28 heavy (non-hydrogen) atoms. The number of thioether (sulfide) groups is 1. The van der Waals surface area contributed by atoms with Gasteiger partial charge in [0.05, 0.1) is 17.1 Å². The van der Waals surface area contributed by atoms with Crippen LogP contribution < -0.4 is 5.32 Å². The van der Waals surface area contributed by atoms with Crippen LogP contribution in [-0.2, 0) is 27.2 Å². The highest BCUT2D eigenvalue weighted by molar-refractivity contribution is 8.18. The Bertz CT molecular complexity index is 883. The molecule has 150 valence electrons. The van der Waals surface area contributed by atoms with E-state index in [1.807, 2.05) is 0 Å². The summed E-state index contributed by atoms with van der Waals surface area (Å²) in [5.41, 5.74) is 2.09. The Balaban J connectivity index is 1.80. The predicted octanol–water partition coefficient (Wildman–Crippen LogP) is 3.73. The van der Waals surface area contributed by atoms with Crippen LogP contribution in [0.3, 0.4) is 0 Å². The Morgan fingerprint density at radius 3 is 2.54 bits per heavy atom. The highest BCUT2D eigenvalue weighted by Gasteiger charge is 2.37. The van der Waals surface area contributed by atoms with Crippen molar-refractivity contribution in [1.29, 1.82) is 0 Å². The lowest BCUT2D eigenvalue weighted by molar-refractivity contribution is -0.127. The minimum Gasteiger partial charge on any atom is -0.462 e. The summed E-state index contributed by atoms with van der Waals surface area (Å²) in [5.74, 6) is -1.42. The summed E-state index contributed by atoms with van der Waals surface area (Å²) < 4.78 is 5.17. The van der Waals surface area contributed by atoms with Crippen LogP contribution in [-0.4, -0.2) is 41.1 Å². The number of allylic oxidation sites excluding steroid dienone is 1. The highest BCUT2D eigenvalue weighted by atomic mass is 32.2. The number of hydrogen-bond acceptors (Lipinski definition) is 7. The van der Waals surface area contributed by atoms with Crippen molar-refractivity contribution >= 4 is 51.1 Å². The second-order valence-corrected chi connectivity index (χ2v) is 8.84. The number of rotatable bonds is 5. The fourth-order valence-electron chi connectivity index (χ4n) is 3.23. The third kappa shape index (κ3) is 4.00. The van der Waals surface area contributed by atoms with E-state index in [-0.39, 0.29) is 13.2 Å². The molecule has 0 bridgehead atoms. The number of aryl methyl sites for hydroxylation is 1. The van der Waals surface area contributed by atoms with E-state index >= 15 is 0 Å². The molecule has 1 N–H and O–H groups in total. The van der Waals surface area contributed by atoms with Crippen LogP contribution in [0.1, 0.15) is 54.4 Å². The number of anilines is 1. The van der Waals surface area contributed by atoms with E-state index in [9.17, 15) is 19.2 Å². The number of hydrogen-bond donors (Lipinski definition) is 1. The fourth-order valence-corrected chi connectivity index (χ4v) is 5.35. The molecule has 2 heterocycles. The normalized spacial score (nSPS) is 16.2. The number of nitrogens with one attached hydrogen (secondary N) is 1. The molecule has 1 aliphatic carbocycles. The van der Waals surface area contributed by atoms with Gasteiger partial charge in [-0.25, -0.2) is 4.79 Å². The Morgan fingerprint density at radius 1 is 1.18 bits per heavy atom. The van der Waals surface area contributed by atoms with Gasteiger partial charge in [-0.3, -0.25) is 19.3 Å². The smallest absolute Gasteiger partial charge is 0.341 e. The van der Waals surface area contributed by atoms with Gasteiger partial charge in [-0.05, 0) is 63.8 Å². The summed E-state index contributed by atoms with van der Waals surface area (Å²) in [5, 5.41) is 2.70. The highest BCUT2D eigenvalue weighted by Crippen LogP contribution is 2.39. The van der Waals surface area contributed by atoms with Gasteiger partial charge >= 0.3 is 5.97 Å². The van der Waals surface area contributed by atoms with Crippen molar-refractivity contribution in [3.8, 4) is 0 Å². The average molecular weight is 423 g/mol. The van der Waals surface area contributed by atoms with Crippen LogP contribution in [0.2, 0.25) is 0 Å². The molecule has 0 unspecified atom stereocenters. The standard InChI is InChI=1S/C19H22N2O5S2/c1-4-26-18(24)14-11-7-5-6-8-12(11)27-16(14)20-13(22)9-21-17(23)15(10(2)3)28-19(21)25/h4-9H2,1-3H3,(H,20,22). The third-order valence-electron chi connectivity index (χ3n) is 4.51. The first-order valence-corrected chi connectivity index (χ1v) is 10.8. The molecule has 0 atom stereocenters. The van der Waals surface area contributed by atoms with Gasteiger partial charge in [0.25, 0.3) is 11.1 Å². The number of amides is 3. The van der Waals surface area contributed by atoms with Gasteiger partial charge in [0, 0.05) is 4.88 Å². The number of carbonyl (C=O) groups is 4. The molecular weight excluding hydrogens is 400 g/mol. The lowest BCUT2D eigenvalue weighted by Crippen LogP contribution is -2.36. The molecule has 9 heteroatoms. The van der Waals surface area contributed by atoms with Crippen LogP contribution >= 0.6 is 23.1 Å². The quantitative estimate of drug-likeness (QED) is 0.574.